The first kappa shape index (κ1) is 13.2. The molecule has 3 amide bonds. The summed E-state index contributed by atoms with van der Waals surface area (Å²) < 4.78 is 0. The average Bonchev–Trinajstić information content (AvgIpc) is 2.21. The second-order valence-electron chi connectivity index (χ2n) is 2.80. The zero-order valence-electron chi connectivity index (χ0n) is 8.66. The minimum atomic E-state index is -1.10. The Labute approximate surface area is 87.2 Å². The molecule has 0 rings (SSSR count). The summed E-state index contributed by atoms with van der Waals surface area (Å²) in [6.07, 6.45) is 0.280. The first-order valence-corrected chi connectivity index (χ1v) is 4.49. The molecule has 1 atom stereocenters. The Morgan fingerprint density at radius 2 is 1.93 bits per heavy atom. The van der Waals surface area contributed by atoms with Gasteiger partial charge in [-0.3, -0.25) is 4.79 Å². The summed E-state index contributed by atoms with van der Waals surface area (Å²) in [7, 11) is 1.44. The molecule has 0 aromatic rings. The van der Waals surface area contributed by atoms with Crippen molar-refractivity contribution in [2.45, 2.75) is 19.4 Å². The van der Waals surface area contributed by atoms with E-state index in [2.05, 4.69) is 16.0 Å². The summed E-state index contributed by atoms with van der Waals surface area (Å²) in [4.78, 5) is 32.3. The minimum absolute atomic E-state index is 0.182. The third-order valence-corrected chi connectivity index (χ3v) is 1.70. The van der Waals surface area contributed by atoms with Gasteiger partial charge in [-0.25, -0.2) is 9.59 Å². The topological polar surface area (TPSA) is 108 Å². The van der Waals surface area contributed by atoms with Crippen LogP contribution < -0.4 is 16.0 Å². The third kappa shape index (κ3) is 5.50. The number of urea groups is 1. The molecule has 0 aromatic carbocycles. The Hall–Kier alpha value is -1.79. The number of nitrogens with one attached hydrogen (secondary N) is 3. The summed E-state index contributed by atoms with van der Waals surface area (Å²) >= 11 is 0. The van der Waals surface area contributed by atoms with Crippen LogP contribution in [0.1, 0.15) is 13.3 Å². The van der Waals surface area contributed by atoms with Gasteiger partial charge in [0.1, 0.15) is 6.04 Å². The van der Waals surface area contributed by atoms with Crippen molar-refractivity contribution in [3.8, 4) is 0 Å². The maximum Gasteiger partial charge on any atom is 0.326 e. The maximum absolute atomic E-state index is 11.1. The molecule has 0 aliphatic rings. The lowest BCUT2D eigenvalue weighted by Gasteiger charge is -2.12. The fraction of sp³-hybridized carbons (Fsp3) is 0.625. The number of carbonyl (C=O) groups is 3. The van der Waals surface area contributed by atoms with E-state index in [0.29, 0.717) is 0 Å². The first-order valence-electron chi connectivity index (χ1n) is 4.49. The SMILES string of the molecule is CC[C@@H](NC(=O)NCC(=O)NC)C(=O)O. The fourth-order valence-electron chi connectivity index (χ4n) is 0.797. The molecule has 0 aliphatic heterocycles. The predicted molar refractivity (Wildman–Crippen MR) is 52.3 cm³/mol. The molecule has 7 nitrogen and oxygen atoms in total. The highest BCUT2D eigenvalue weighted by atomic mass is 16.4. The van der Waals surface area contributed by atoms with Gasteiger partial charge in [0.2, 0.25) is 5.91 Å². The molecular formula is C8H15N3O4. The van der Waals surface area contributed by atoms with Crippen molar-refractivity contribution in [1.29, 1.82) is 0 Å². The van der Waals surface area contributed by atoms with Crippen molar-refractivity contribution in [2.24, 2.45) is 0 Å². The van der Waals surface area contributed by atoms with Crippen LogP contribution in [0.2, 0.25) is 0 Å². The number of carbonyl (C=O) groups excluding carboxylic acids is 2. The van der Waals surface area contributed by atoms with E-state index in [1.54, 1.807) is 6.92 Å². The number of amides is 3. The molecule has 0 radical (unpaired) electrons. The van der Waals surface area contributed by atoms with Gasteiger partial charge in [-0.05, 0) is 6.42 Å². The highest BCUT2D eigenvalue weighted by Gasteiger charge is 2.17. The summed E-state index contributed by atoms with van der Waals surface area (Å²) in [5, 5.41) is 15.4. The smallest absolute Gasteiger partial charge is 0.326 e. The van der Waals surface area contributed by atoms with Crippen molar-refractivity contribution in [3.05, 3.63) is 0 Å². The second-order valence-corrected chi connectivity index (χ2v) is 2.80. The second kappa shape index (κ2) is 6.63. The largest absolute Gasteiger partial charge is 0.480 e. The predicted octanol–water partition coefficient (Wildman–Crippen LogP) is -1.11. The quantitative estimate of drug-likeness (QED) is 0.468. The number of hydrogen-bond donors (Lipinski definition) is 4. The molecule has 0 saturated heterocycles. The van der Waals surface area contributed by atoms with Gasteiger partial charge in [0, 0.05) is 7.05 Å². The van der Waals surface area contributed by atoms with Crippen molar-refractivity contribution in [1.82, 2.24) is 16.0 Å². The molecule has 86 valence electrons. The highest BCUT2D eigenvalue weighted by Crippen LogP contribution is 1.89. The van der Waals surface area contributed by atoms with E-state index in [1.807, 2.05) is 0 Å². The van der Waals surface area contributed by atoms with Crippen LogP contribution in [0.25, 0.3) is 0 Å². The molecular weight excluding hydrogens is 202 g/mol. The van der Waals surface area contributed by atoms with Gasteiger partial charge in [0.05, 0.1) is 6.54 Å². The lowest BCUT2D eigenvalue weighted by atomic mass is 10.2. The monoisotopic (exact) mass is 217 g/mol. The normalized spacial score (nSPS) is 11.3. The molecule has 0 fully saturated rings. The number of carboxylic acid groups (broad SMARTS) is 1. The number of carboxylic acids is 1. The van der Waals surface area contributed by atoms with Gasteiger partial charge in [-0.2, -0.15) is 0 Å². The molecule has 0 aromatic heterocycles. The Morgan fingerprint density at radius 3 is 2.33 bits per heavy atom. The van der Waals surface area contributed by atoms with E-state index in [-0.39, 0.29) is 18.9 Å². The van der Waals surface area contributed by atoms with Crippen LogP contribution >= 0.6 is 0 Å². The standard InChI is InChI=1S/C8H15N3O4/c1-3-5(7(13)14)11-8(15)10-4-6(12)9-2/h5H,3-4H2,1-2H3,(H,9,12)(H,13,14)(H2,10,11,15)/t5-/m1/s1. The van der Waals surface area contributed by atoms with Gasteiger partial charge >= 0.3 is 12.0 Å². The lowest BCUT2D eigenvalue weighted by Crippen LogP contribution is -2.47. The van der Waals surface area contributed by atoms with Crippen LogP contribution in [0.5, 0.6) is 0 Å². The van der Waals surface area contributed by atoms with Crippen LogP contribution in [0.3, 0.4) is 0 Å². The van der Waals surface area contributed by atoms with Gasteiger partial charge in [-0.1, -0.05) is 6.92 Å². The third-order valence-electron chi connectivity index (χ3n) is 1.70. The van der Waals surface area contributed by atoms with E-state index in [1.165, 1.54) is 7.05 Å². The number of likely N-dealkylation sites (N-methyl/N-ethyl adjacent to an activating group) is 1. The van der Waals surface area contributed by atoms with Crippen molar-refractivity contribution in [3.63, 3.8) is 0 Å². The lowest BCUT2D eigenvalue weighted by molar-refractivity contribution is -0.139. The average molecular weight is 217 g/mol. The van der Waals surface area contributed by atoms with Crippen LogP contribution in [0.4, 0.5) is 4.79 Å². The molecule has 15 heavy (non-hydrogen) atoms. The van der Waals surface area contributed by atoms with Crippen molar-refractivity contribution < 1.29 is 19.5 Å². The van der Waals surface area contributed by atoms with E-state index in [0.717, 1.165) is 0 Å². The van der Waals surface area contributed by atoms with Gasteiger partial charge in [0.25, 0.3) is 0 Å². The van der Waals surface area contributed by atoms with Crippen LogP contribution in [0.15, 0.2) is 0 Å². The molecule has 0 unspecified atom stereocenters. The molecule has 0 aliphatic carbocycles. The molecule has 0 saturated carbocycles. The van der Waals surface area contributed by atoms with Crippen LogP contribution in [0, 0.1) is 0 Å². The minimum Gasteiger partial charge on any atom is -0.480 e. The Morgan fingerprint density at radius 1 is 1.33 bits per heavy atom. The van der Waals surface area contributed by atoms with E-state index < -0.39 is 18.0 Å². The van der Waals surface area contributed by atoms with Gasteiger partial charge in [-0.15, -0.1) is 0 Å². The summed E-state index contributed by atoms with van der Waals surface area (Å²) in [5.41, 5.74) is 0. The van der Waals surface area contributed by atoms with E-state index in [9.17, 15) is 14.4 Å². The highest BCUT2D eigenvalue weighted by molar-refractivity contribution is 5.86. The molecule has 0 heterocycles. The zero-order valence-corrected chi connectivity index (χ0v) is 8.66. The van der Waals surface area contributed by atoms with E-state index >= 15 is 0 Å². The molecule has 0 bridgehead atoms. The molecule has 4 N–H and O–H groups in total. The molecule has 0 spiro atoms. The van der Waals surface area contributed by atoms with E-state index in [4.69, 9.17) is 5.11 Å². The van der Waals surface area contributed by atoms with Gasteiger partial charge < -0.3 is 21.1 Å². The Balaban J connectivity index is 3.91. The van der Waals surface area contributed by atoms with Crippen LogP contribution in [-0.2, 0) is 9.59 Å². The molecule has 7 heteroatoms. The summed E-state index contributed by atoms with van der Waals surface area (Å²) in [6.45, 7) is 1.45. The van der Waals surface area contributed by atoms with Crippen LogP contribution in [-0.4, -0.2) is 42.6 Å². The number of hydrogen-bond acceptors (Lipinski definition) is 3. The fourth-order valence-corrected chi connectivity index (χ4v) is 0.797. The number of aliphatic carboxylic acids is 1. The Bertz CT molecular complexity index is 254. The first-order chi connectivity index (χ1) is 7.01. The van der Waals surface area contributed by atoms with Crippen molar-refractivity contribution >= 4 is 17.9 Å². The summed E-state index contributed by atoms with van der Waals surface area (Å²) in [6, 6.07) is -1.61. The summed E-state index contributed by atoms with van der Waals surface area (Å²) in [5.74, 6) is -1.46. The number of rotatable bonds is 5. The van der Waals surface area contributed by atoms with Gasteiger partial charge in [0.15, 0.2) is 0 Å². The Kier molecular flexibility index (Phi) is 5.84. The van der Waals surface area contributed by atoms with Crippen molar-refractivity contribution in [2.75, 3.05) is 13.6 Å². The maximum atomic E-state index is 11.1. The zero-order chi connectivity index (χ0) is 11.8.